The van der Waals surface area contributed by atoms with Crippen molar-refractivity contribution >= 4 is 11.9 Å². The fourth-order valence-electron chi connectivity index (χ4n) is 5.25. The summed E-state index contributed by atoms with van der Waals surface area (Å²) in [5.74, 6) is -0.564. The summed E-state index contributed by atoms with van der Waals surface area (Å²) < 4.78 is 8.83. The molecule has 2 unspecified atom stereocenters. The Morgan fingerprint density at radius 3 is 2.50 bits per heavy atom. The van der Waals surface area contributed by atoms with E-state index in [1.807, 2.05) is 61.1 Å². The maximum absolute atomic E-state index is 13.7. The Kier molecular flexibility index (Phi) is 5.86. The molecule has 2 atom stereocenters. The highest BCUT2D eigenvalue weighted by Gasteiger charge is 2.38. The zero-order valence-corrected chi connectivity index (χ0v) is 19.6. The number of benzene rings is 2. The number of aromatic nitrogens is 2. The predicted molar refractivity (Wildman–Crippen MR) is 128 cm³/mol. The first kappa shape index (κ1) is 22.2. The van der Waals surface area contributed by atoms with Crippen molar-refractivity contribution in [2.24, 2.45) is 7.05 Å². The van der Waals surface area contributed by atoms with Gasteiger partial charge >= 0.3 is 5.97 Å². The van der Waals surface area contributed by atoms with Crippen LogP contribution in [0.4, 0.5) is 0 Å². The second-order valence-corrected chi connectivity index (χ2v) is 9.13. The van der Waals surface area contributed by atoms with Crippen LogP contribution in [0.5, 0.6) is 0 Å². The van der Waals surface area contributed by atoms with Gasteiger partial charge in [-0.05, 0) is 49.4 Å². The van der Waals surface area contributed by atoms with Crippen molar-refractivity contribution in [1.29, 1.82) is 0 Å². The van der Waals surface area contributed by atoms with Crippen molar-refractivity contribution in [3.63, 3.8) is 0 Å². The molecule has 0 N–H and O–H groups in total. The fourth-order valence-corrected chi connectivity index (χ4v) is 5.25. The van der Waals surface area contributed by atoms with Crippen molar-refractivity contribution in [1.82, 2.24) is 14.3 Å². The van der Waals surface area contributed by atoms with Gasteiger partial charge in [0.1, 0.15) is 0 Å². The largest absolute Gasteiger partial charge is 0.452 e. The summed E-state index contributed by atoms with van der Waals surface area (Å²) in [5, 5.41) is 0. The smallest absolute Gasteiger partial charge is 0.306 e. The van der Waals surface area contributed by atoms with E-state index in [0.29, 0.717) is 12.0 Å². The third-order valence-electron chi connectivity index (χ3n) is 7.16. The van der Waals surface area contributed by atoms with E-state index in [4.69, 9.17) is 4.74 Å². The van der Waals surface area contributed by atoms with E-state index in [-0.39, 0.29) is 36.4 Å². The third-order valence-corrected chi connectivity index (χ3v) is 7.16. The second kappa shape index (κ2) is 8.97. The molecule has 7 nitrogen and oxygen atoms in total. The highest BCUT2D eigenvalue weighted by atomic mass is 16.6. The molecule has 7 heteroatoms. The van der Waals surface area contributed by atoms with Crippen molar-refractivity contribution in [2.45, 2.75) is 57.7 Å². The van der Waals surface area contributed by atoms with Crippen molar-refractivity contribution in [3.8, 4) is 5.69 Å². The minimum atomic E-state index is -0.790. The quantitative estimate of drug-likeness (QED) is 0.547. The molecule has 1 aliphatic heterocycles. The molecule has 1 aliphatic carbocycles. The first-order valence-electron chi connectivity index (χ1n) is 11.9. The molecule has 0 spiro atoms. The van der Waals surface area contributed by atoms with E-state index in [1.165, 1.54) is 5.56 Å². The summed E-state index contributed by atoms with van der Waals surface area (Å²) >= 11 is 0. The number of carbonyl (C=O) groups is 2. The number of amides is 1. The summed E-state index contributed by atoms with van der Waals surface area (Å²) in [6.07, 6.45) is 2.57. The Hall–Kier alpha value is -3.61. The molecule has 1 aromatic heterocycles. The van der Waals surface area contributed by atoms with Crippen molar-refractivity contribution < 1.29 is 14.3 Å². The first-order chi connectivity index (χ1) is 16.5. The van der Waals surface area contributed by atoms with E-state index < -0.39 is 6.10 Å². The molecule has 2 aliphatic rings. The summed E-state index contributed by atoms with van der Waals surface area (Å²) in [5.41, 5.74) is 4.35. The van der Waals surface area contributed by atoms with Crippen LogP contribution in [0.25, 0.3) is 5.69 Å². The fraction of sp³-hybridized carbons (Fsp3) is 0.370. The van der Waals surface area contributed by atoms with Crippen LogP contribution in [0, 0.1) is 6.92 Å². The van der Waals surface area contributed by atoms with Crippen LogP contribution in [0.2, 0.25) is 0 Å². The Morgan fingerprint density at radius 2 is 1.76 bits per heavy atom. The van der Waals surface area contributed by atoms with Crippen molar-refractivity contribution in [3.05, 3.63) is 87.3 Å². The molecule has 0 radical (unpaired) electrons. The van der Waals surface area contributed by atoms with Crippen LogP contribution in [0.3, 0.4) is 0 Å². The maximum atomic E-state index is 13.7. The van der Waals surface area contributed by atoms with Gasteiger partial charge < -0.3 is 9.64 Å². The Balaban J connectivity index is 1.57. The van der Waals surface area contributed by atoms with Gasteiger partial charge in [-0.25, -0.2) is 4.68 Å². The molecule has 3 aromatic rings. The van der Waals surface area contributed by atoms with Crippen LogP contribution in [0.15, 0.2) is 59.4 Å². The molecule has 5 rings (SSSR count). The van der Waals surface area contributed by atoms with Crippen molar-refractivity contribution in [2.75, 3.05) is 0 Å². The third kappa shape index (κ3) is 3.85. The number of ether oxygens (including phenoxy) is 1. The number of rotatable bonds is 5. The molecular formula is C27H29N3O4. The van der Waals surface area contributed by atoms with Gasteiger partial charge in [-0.1, -0.05) is 42.5 Å². The number of esters is 1. The van der Waals surface area contributed by atoms with Gasteiger partial charge in [0.15, 0.2) is 6.10 Å². The molecular weight excluding hydrogens is 430 g/mol. The average molecular weight is 460 g/mol. The van der Waals surface area contributed by atoms with Gasteiger partial charge in [0.25, 0.3) is 11.5 Å². The van der Waals surface area contributed by atoms with Crippen LogP contribution in [-0.2, 0) is 34.3 Å². The molecule has 2 heterocycles. The van der Waals surface area contributed by atoms with Crippen LogP contribution in [0.1, 0.15) is 54.1 Å². The number of aryl methyl sites for hydroxylation is 1. The molecule has 0 bridgehead atoms. The number of fused-ring (bicyclic) bond motifs is 1. The van der Waals surface area contributed by atoms with E-state index in [0.717, 1.165) is 36.2 Å². The highest BCUT2D eigenvalue weighted by molar-refractivity contribution is 5.87. The summed E-state index contributed by atoms with van der Waals surface area (Å²) in [6.45, 7) is 2.08. The predicted octanol–water partition coefficient (Wildman–Crippen LogP) is 3.60. The lowest BCUT2D eigenvalue weighted by molar-refractivity contribution is -0.155. The molecule has 0 saturated carbocycles. The molecule has 1 fully saturated rings. The van der Waals surface area contributed by atoms with E-state index in [9.17, 15) is 14.4 Å². The zero-order chi connectivity index (χ0) is 23.8. The normalized spacial score (nSPS) is 19.5. The van der Waals surface area contributed by atoms with Crippen LogP contribution in [-0.4, -0.2) is 32.2 Å². The topological polar surface area (TPSA) is 73.5 Å². The number of cyclic esters (lactones) is 1. The van der Waals surface area contributed by atoms with Gasteiger partial charge in [-0.15, -0.1) is 0 Å². The van der Waals surface area contributed by atoms with Gasteiger partial charge in [0, 0.05) is 25.6 Å². The lowest BCUT2D eigenvalue weighted by atomic mass is 9.86. The standard InChI is InChI=1S/C27H29N3O4/c1-18-22(26(32)30(28(18)2)20-11-4-3-5-12-20)17-29(27(33)24-15-16-25(31)34-24)23-14-8-10-19-9-6-7-13-21(19)23/h3-7,9,11-13,23-24H,8,10,14-17H2,1-2H3. The Labute approximate surface area is 198 Å². The van der Waals surface area contributed by atoms with Gasteiger partial charge in [0.2, 0.25) is 0 Å². The Morgan fingerprint density at radius 1 is 1.03 bits per heavy atom. The average Bonchev–Trinajstić information content (AvgIpc) is 3.38. The molecule has 2 aromatic carbocycles. The first-order valence-corrected chi connectivity index (χ1v) is 11.9. The van der Waals surface area contributed by atoms with E-state index >= 15 is 0 Å². The molecule has 1 amide bonds. The van der Waals surface area contributed by atoms with Crippen LogP contribution < -0.4 is 5.56 Å². The summed E-state index contributed by atoms with van der Waals surface area (Å²) in [6, 6.07) is 17.5. The SMILES string of the molecule is Cc1c(CN(C(=O)C2CCC(=O)O2)C2CCCc3ccccc32)c(=O)n(-c2ccccc2)n1C. The summed E-state index contributed by atoms with van der Waals surface area (Å²) in [4.78, 5) is 40.9. The number of para-hydroxylation sites is 1. The lowest BCUT2D eigenvalue weighted by Gasteiger charge is -2.37. The number of hydrogen-bond donors (Lipinski definition) is 0. The lowest BCUT2D eigenvalue weighted by Crippen LogP contribution is -2.43. The maximum Gasteiger partial charge on any atom is 0.306 e. The van der Waals surface area contributed by atoms with Crippen LogP contribution >= 0.6 is 0 Å². The monoisotopic (exact) mass is 459 g/mol. The number of carbonyl (C=O) groups excluding carboxylic acids is 2. The van der Waals surface area contributed by atoms with E-state index in [1.54, 1.807) is 9.58 Å². The summed E-state index contributed by atoms with van der Waals surface area (Å²) in [7, 11) is 1.86. The zero-order valence-electron chi connectivity index (χ0n) is 19.6. The molecule has 34 heavy (non-hydrogen) atoms. The Bertz CT molecular complexity index is 1290. The van der Waals surface area contributed by atoms with Gasteiger partial charge in [-0.3, -0.25) is 19.1 Å². The number of nitrogens with zero attached hydrogens (tertiary/aromatic N) is 3. The van der Waals surface area contributed by atoms with Gasteiger partial charge in [0.05, 0.1) is 23.8 Å². The second-order valence-electron chi connectivity index (χ2n) is 9.13. The minimum Gasteiger partial charge on any atom is -0.452 e. The molecule has 1 saturated heterocycles. The van der Waals surface area contributed by atoms with E-state index in [2.05, 4.69) is 12.1 Å². The highest BCUT2D eigenvalue weighted by Crippen LogP contribution is 2.36. The van der Waals surface area contributed by atoms with Gasteiger partial charge in [-0.2, -0.15) is 0 Å². The molecule has 176 valence electrons. The number of hydrogen-bond acceptors (Lipinski definition) is 4. The minimum absolute atomic E-state index is 0.142.